The minimum atomic E-state index is -0.354. The normalized spacial score (nSPS) is 16.4. The fourth-order valence-corrected chi connectivity index (χ4v) is 1.64. The van der Waals surface area contributed by atoms with Gasteiger partial charge in [-0.05, 0) is 38.0 Å². The summed E-state index contributed by atoms with van der Waals surface area (Å²) < 4.78 is 11.9. The van der Waals surface area contributed by atoms with Crippen LogP contribution in [0.5, 0.6) is 0 Å². The monoisotopic (exact) mass is 224 g/mol. The van der Waals surface area contributed by atoms with E-state index >= 15 is 0 Å². The van der Waals surface area contributed by atoms with Crippen molar-refractivity contribution in [2.45, 2.75) is 40.0 Å². The summed E-state index contributed by atoms with van der Waals surface area (Å²) in [4.78, 5) is 0. The predicted octanol–water partition coefficient (Wildman–Crippen LogP) is 5.09. The molecule has 0 aromatic carbocycles. The third-order valence-electron chi connectivity index (χ3n) is 2.82. The molecule has 0 aliphatic rings. The van der Waals surface area contributed by atoms with Crippen molar-refractivity contribution in [2.24, 2.45) is 11.8 Å². The predicted molar refractivity (Wildman–Crippen MR) is 71.2 cm³/mol. The molecule has 0 aliphatic carbocycles. The Morgan fingerprint density at radius 2 is 2.12 bits per heavy atom. The fourth-order valence-electron chi connectivity index (χ4n) is 1.64. The van der Waals surface area contributed by atoms with Crippen LogP contribution in [0.2, 0.25) is 0 Å². The topological polar surface area (TPSA) is 0 Å². The molecule has 0 N–H and O–H groups in total. The second-order valence-corrected chi connectivity index (χ2v) is 4.42. The Balaban J connectivity index is 4.00. The summed E-state index contributed by atoms with van der Waals surface area (Å²) in [5.41, 5.74) is 1.41. The number of rotatable bonds is 8. The van der Waals surface area contributed by atoms with E-state index in [1.54, 1.807) is 6.08 Å². The van der Waals surface area contributed by atoms with E-state index in [0.717, 1.165) is 19.3 Å². The van der Waals surface area contributed by atoms with E-state index in [-0.39, 0.29) is 6.67 Å². The molecule has 0 aliphatic heterocycles. The highest BCUT2D eigenvalue weighted by Crippen LogP contribution is 2.16. The molecule has 16 heavy (non-hydrogen) atoms. The lowest BCUT2D eigenvalue weighted by Gasteiger charge is -2.09. The molecule has 0 radical (unpaired) electrons. The molecule has 0 fully saturated rings. The summed E-state index contributed by atoms with van der Waals surface area (Å²) in [5, 5.41) is 0. The maximum Gasteiger partial charge on any atom is 0.108 e. The zero-order chi connectivity index (χ0) is 12.4. The lowest BCUT2D eigenvalue weighted by atomic mass is 9.97. The maximum absolute atomic E-state index is 11.9. The summed E-state index contributed by atoms with van der Waals surface area (Å²) in [7, 11) is 0. The number of alkyl halides is 1. The Bertz CT molecular complexity index is 238. The third-order valence-corrected chi connectivity index (χ3v) is 2.82. The quantitative estimate of drug-likeness (QED) is 0.504. The summed E-state index contributed by atoms with van der Waals surface area (Å²) in [6.07, 6.45) is 11.1. The molecular formula is C15H25F. The highest BCUT2D eigenvalue weighted by molar-refractivity contribution is 5.06. The minimum Gasteiger partial charge on any atom is -0.247 e. The van der Waals surface area contributed by atoms with Crippen LogP contribution in [0.1, 0.15) is 40.0 Å². The van der Waals surface area contributed by atoms with E-state index in [4.69, 9.17) is 0 Å². The molecule has 0 saturated carbocycles. The number of allylic oxidation sites excluding steroid dienone is 5. The van der Waals surface area contributed by atoms with Crippen molar-refractivity contribution in [1.29, 1.82) is 0 Å². The van der Waals surface area contributed by atoms with Gasteiger partial charge in [0.25, 0.3) is 0 Å². The van der Waals surface area contributed by atoms with Crippen LogP contribution in [0, 0.1) is 11.8 Å². The van der Waals surface area contributed by atoms with Crippen molar-refractivity contribution in [3.63, 3.8) is 0 Å². The van der Waals surface area contributed by atoms with Gasteiger partial charge in [0.05, 0.1) is 0 Å². The number of halogens is 1. The molecule has 0 aromatic rings. The summed E-state index contributed by atoms with van der Waals surface area (Å²) in [6, 6.07) is 0. The van der Waals surface area contributed by atoms with Crippen molar-refractivity contribution in [2.75, 3.05) is 6.67 Å². The van der Waals surface area contributed by atoms with Gasteiger partial charge in [0.1, 0.15) is 6.67 Å². The van der Waals surface area contributed by atoms with Crippen molar-refractivity contribution in [3.05, 3.63) is 36.5 Å². The van der Waals surface area contributed by atoms with Crippen LogP contribution in [-0.2, 0) is 0 Å². The second-order valence-electron chi connectivity index (χ2n) is 4.42. The molecule has 0 spiro atoms. The van der Waals surface area contributed by atoms with E-state index < -0.39 is 0 Å². The molecule has 2 atom stereocenters. The van der Waals surface area contributed by atoms with E-state index in [1.165, 1.54) is 5.57 Å². The standard InChI is InChI=1S/C15H25F/c1-5-15(6-2)12-14(4)10-9-13(3)8-7-11-16/h5,7-8,12-13,15H,1,6,9-11H2,2-4H3. The first kappa shape index (κ1) is 15.2. The van der Waals surface area contributed by atoms with Gasteiger partial charge in [-0.2, -0.15) is 0 Å². The van der Waals surface area contributed by atoms with E-state index in [2.05, 4.69) is 33.4 Å². The van der Waals surface area contributed by atoms with E-state index in [1.807, 2.05) is 12.2 Å². The summed E-state index contributed by atoms with van der Waals surface area (Å²) >= 11 is 0. The molecular weight excluding hydrogens is 199 g/mol. The Morgan fingerprint density at radius 3 is 2.62 bits per heavy atom. The van der Waals surface area contributed by atoms with E-state index in [9.17, 15) is 4.39 Å². The smallest absolute Gasteiger partial charge is 0.108 e. The highest BCUT2D eigenvalue weighted by atomic mass is 19.1. The molecule has 2 unspecified atom stereocenters. The molecule has 0 heterocycles. The Kier molecular flexibility index (Phi) is 8.88. The van der Waals surface area contributed by atoms with Gasteiger partial charge in [-0.15, -0.1) is 6.58 Å². The van der Waals surface area contributed by atoms with Gasteiger partial charge in [-0.3, -0.25) is 0 Å². The molecule has 0 nitrogen and oxygen atoms in total. The van der Waals surface area contributed by atoms with Crippen LogP contribution in [0.3, 0.4) is 0 Å². The van der Waals surface area contributed by atoms with Gasteiger partial charge in [-0.25, -0.2) is 4.39 Å². The van der Waals surface area contributed by atoms with Crippen molar-refractivity contribution >= 4 is 0 Å². The molecule has 0 aromatic heterocycles. The molecule has 0 rings (SSSR count). The molecule has 0 amide bonds. The largest absolute Gasteiger partial charge is 0.247 e. The van der Waals surface area contributed by atoms with Crippen LogP contribution in [0.25, 0.3) is 0 Å². The molecule has 92 valence electrons. The summed E-state index contributed by atoms with van der Waals surface area (Å²) in [5.74, 6) is 0.958. The van der Waals surface area contributed by atoms with Gasteiger partial charge in [-0.1, -0.05) is 43.7 Å². The lowest BCUT2D eigenvalue weighted by Crippen LogP contribution is -1.94. The third kappa shape index (κ3) is 7.44. The van der Waals surface area contributed by atoms with Crippen molar-refractivity contribution in [1.82, 2.24) is 0 Å². The first-order valence-corrected chi connectivity index (χ1v) is 6.16. The second kappa shape index (κ2) is 9.38. The Labute approximate surface area is 99.9 Å². The van der Waals surface area contributed by atoms with E-state index in [0.29, 0.717) is 11.8 Å². The average Bonchev–Trinajstić information content (AvgIpc) is 2.30. The van der Waals surface area contributed by atoms with Crippen LogP contribution in [-0.4, -0.2) is 6.67 Å². The van der Waals surface area contributed by atoms with Crippen LogP contribution < -0.4 is 0 Å². The van der Waals surface area contributed by atoms with Gasteiger partial charge in [0, 0.05) is 0 Å². The number of hydrogen-bond donors (Lipinski definition) is 0. The van der Waals surface area contributed by atoms with Gasteiger partial charge in [0.15, 0.2) is 0 Å². The Hall–Kier alpha value is -0.850. The lowest BCUT2D eigenvalue weighted by molar-refractivity contribution is 0.555. The average molecular weight is 224 g/mol. The molecule has 1 heteroatoms. The zero-order valence-electron chi connectivity index (χ0n) is 10.9. The maximum atomic E-state index is 11.9. The van der Waals surface area contributed by atoms with Crippen molar-refractivity contribution in [3.8, 4) is 0 Å². The van der Waals surface area contributed by atoms with Crippen LogP contribution in [0.4, 0.5) is 4.39 Å². The van der Waals surface area contributed by atoms with Crippen molar-refractivity contribution < 1.29 is 4.39 Å². The van der Waals surface area contributed by atoms with Gasteiger partial charge in [0.2, 0.25) is 0 Å². The Morgan fingerprint density at radius 1 is 1.44 bits per heavy atom. The van der Waals surface area contributed by atoms with Gasteiger partial charge >= 0.3 is 0 Å². The SMILES string of the molecule is C=CC(C=C(C)CCC(C)C=CCF)CC. The highest BCUT2D eigenvalue weighted by Gasteiger charge is 2.00. The fraction of sp³-hybridized carbons (Fsp3) is 0.600. The van der Waals surface area contributed by atoms with Crippen LogP contribution >= 0.6 is 0 Å². The number of hydrogen-bond acceptors (Lipinski definition) is 0. The minimum absolute atomic E-state index is 0.354. The van der Waals surface area contributed by atoms with Crippen LogP contribution in [0.15, 0.2) is 36.5 Å². The zero-order valence-corrected chi connectivity index (χ0v) is 10.9. The first-order chi connectivity index (χ1) is 7.63. The molecule has 0 bridgehead atoms. The molecule has 0 saturated heterocycles. The van der Waals surface area contributed by atoms with Gasteiger partial charge < -0.3 is 0 Å². The first-order valence-electron chi connectivity index (χ1n) is 6.16. The summed E-state index contributed by atoms with van der Waals surface area (Å²) in [6.45, 7) is 9.93.